The molecule has 0 fully saturated rings. The fourth-order valence-electron chi connectivity index (χ4n) is 2.71. The molecule has 3 aromatic heterocycles. The van der Waals surface area contributed by atoms with Crippen LogP contribution < -0.4 is 5.63 Å². The second kappa shape index (κ2) is 3.70. The summed E-state index contributed by atoms with van der Waals surface area (Å²) in [5.74, 6) is 0. The van der Waals surface area contributed by atoms with Crippen molar-refractivity contribution in [2.45, 2.75) is 13.8 Å². The molecular weight excluding hydrogens is 254 g/mol. The predicted molar refractivity (Wildman–Crippen MR) is 77.0 cm³/mol. The van der Waals surface area contributed by atoms with Gasteiger partial charge in [0.2, 0.25) is 0 Å². The van der Waals surface area contributed by atoms with Crippen LogP contribution in [-0.4, -0.2) is 4.98 Å². The van der Waals surface area contributed by atoms with Crippen molar-refractivity contribution in [2.24, 2.45) is 0 Å². The van der Waals surface area contributed by atoms with Gasteiger partial charge in [-0.3, -0.25) is 4.98 Å². The van der Waals surface area contributed by atoms with Crippen molar-refractivity contribution in [3.8, 4) is 0 Å². The van der Waals surface area contributed by atoms with Crippen LogP contribution in [0.15, 0.2) is 44.2 Å². The van der Waals surface area contributed by atoms with Gasteiger partial charge in [0.1, 0.15) is 16.7 Å². The fraction of sp³-hybridized carbons (Fsp3) is 0.125. The third-order valence-electron chi connectivity index (χ3n) is 3.70. The van der Waals surface area contributed by atoms with Crippen LogP contribution in [0.1, 0.15) is 11.1 Å². The van der Waals surface area contributed by atoms with E-state index in [4.69, 9.17) is 8.83 Å². The number of aromatic nitrogens is 1. The Morgan fingerprint density at radius 1 is 1.00 bits per heavy atom. The second-order valence-corrected chi connectivity index (χ2v) is 4.98. The van der Waals surface area contributed by atoms with Crippen molar-refractivity contribution in [1.29, 1.82) is 0 Å². The molecule has 1 aromatic carbocycles. The van der Waals surface area contributed by atoms with Crippen LogP contribution in [0.4, 0.5) is 0 Å². The lowest BCUT2D eigenvalue weighted by Gasteiger charge is -2.04. The second-order valence-electron chi connectivity index (χ2n) is 4.98. The van der Waals surface area contributed by atoms with E-state index in [1.807, 2.05) is 26.0 Å². The highest BCUT2D eigenvalue weighted by molar-refractivity contribution is 6.11. The molecular formula is C16H11NO3. The van der Waals surface area contributed by atoms with Gasteiger partial charge in [0.25, 0.3) is 0 Å². The monoisotopic (exact) mass is 265 g/mol. The Bertz CT molecular complexity index is 1040. The van der Waals surface area contributed by atoms with Crippen LogP contribution in [0.3, 0.4) is 0 Å². The number of nitrogens with zero attached hydrogens (tertiary/aromatic N) is 1. The number of pyridine rings is 1. The van der Waals surface area contributed by atoms with E-state index in [0.717, 1.165) is 38.5 Å². The van der Waals surface area contributed by atoms with Crippen molar-refractivity contribution in [3.63, 3.8) is 0 Å². The molecule has 0 spiro atoms. The van der Waals surface area contributed by atoms with Gasteiger partial charge in [-0.05, 0) is 31.5 Å². The minimum atomic E-state index is -0.338. The van der Waals surface area contributed by atoms with Crippen molar-refractivity contribution in [2.75, 3.05) is 0 Å². The zero-order valence-corrected chi connectivity index (χ0v) is 11.1. The van der Waals surface area contributed by atoms with Gasteiger partial charge in [0.05, 0.1) is 0 Å². The van der Waals surface area contributed by atoms with Crippen LogP contribution >= 0.6 is 0 Å². The van der Waals surface area contributed by atoms with E-state index in [1.54, 1.807) is 12.4 Å². The van der Waals surface area contributed by atoms with E-state index in [9.17, 15) is 4.79 Å². The van der Waals surface area contributed by atoms with Gasteiger partial charge in [-0.1, -0.05) is 0 Å². The molecule has 4 aromatic rings. The number of aryl methyl sites for hydroxylation is 2. The molecule has 20 heavy (non-hydrogen) atoms. The molecule has 0 aliphatic heterocycles. The molecule has 0 saturated heterocycles. The van der Waals surface area contributed by atoms with Gasteiger partial charge in [0, 0.05) is 40.2 Å². The molecule has 0 amide bonds. The topological polar surface area (TPSA) is 56.2 Å². The smallest absolute Gasteiger partial charge is 0.336 e. The number of benzene rings is 1. The molecule has 4 rings (SSSR count). The third kappa shape index (κ3) is 1.36. The molecule has 4 nitrogen and oxygen atoms in total. The maximum absolute atomic E-state index is 11.6. The first-order valence-corrected chi connectivity index (χ1v) is 6.35. The Labute approximate surface area is 113 Å². The largest absolute Gasteiger partial charge is 0.456 e. The lowest BCUT2D eigenvalue weighted by atomic mass is 10.0. The maximum atomic E-state index is 11.6. The number of hydrogen-bond donors (Lipinski definition) is 0. The zero-order valence-electron chi connectivity index (χ0n) is 11.1. The molecule has 98 valence electrons. The first-order chi connectivity index (χ1) is 9.65. The average molecular weight is 265 g/mol. The van der Waals surface area contributed by atoms with Crippen LogP contribution in [0, 0.1) is 13.8 Å². The van der Waals surface area contributed by atoms with Crippen molar-refractivity contribution in [3.05, 3.63) is 52.1 Å². The van der Waals surface area contributed by atoms with Crippen LogP contribution in [0.2, 0.25) is 0 Å². The molecule has 0 unspecified atom stereocenters. The van der Waals surface area contributed by atoms with Gasteiger partial charge in [-0.2, -0.15) is 0 Å². The normalized spacial score (nSPS) is 11.7. The SMILES string of the molecule is Cc1cc(=O)oc2c(C)c3oc4ccncc4c3cc12. The molecule has 0 aliphatic rings. The summed E-state index contributed by atoms with van der Waals surface area (Å²) in [7, 11) is 0. The molecule has 3 heterocycles. The highest BCUT2D eigenvalue weighted by Crippen LogP contribution is 2.35. The highest BCUT2D eigenvalue weighted by Gasteiger charge is 2.15. The predicted octanol–water partition coefficient (Wildman–Crippen LogP) is 3.70. The van der Waals surface area contributed by atoms with E-state index >= 15 is 0 Å². The van der Waals surface area contributed by atoms with Crippen LogP contribution in [0.25, 0.3) is 32.9 Å². The summed E-state index contributed by atoms with van der Waals surface area (Å²) < 4.78 is 11.2. The van der Waals surface area contributed by atoms with Crippen LogP contribution in [-0.2, 0) is 0 Å². The summed E-state index contributed by atoms with van der Waals surface area (Å²) in [4.78, 5) is 15.7. The lowest BCUT2D eigenvalue weighted by molar-refractivity contribution is 0.556. The number of fused-ring (bicyclic) bond motifs is 4. The summed E-state index contributed by atoms with van der Waals surface area (Å²) in [6.45, 7) is 3.81. The summed E-state index contributed by atoms with van der Waals surface area (Å²) >= 11 is 0. The maximum Gasteiger partial charge on any atom is 0.336 e. The summed E-state index contributed by atoms with van der Waals surface area (Å²) in [5, 5.41) is 2.90. The van der Waals surface area contributed by atoms with Crippen molar-refractivity contribution >= 4 is 32.9 Å². The summed E-state index contributed by atoms with van der Waals surface area (Å²) in [6, 6.07) is 5.35. The molecule has 0 saturated carbocycles. The Kier molecular flexibility index (Phi) is 2.07. The quantitative estimate of drug-likeness (QED) is 0.455. The Balaban J connectivity index is 2.34. The lowest BCUT2D eigenvalue weighted by Crippen LogP contribution is -1.98. The molecule has 0 aliphatic carbocycles. The molecule has 0 bridgehead atoms. The van der Waals surface area contributed by atoms with E-state index in [0.29, 0.717) is 5.58 Å². The average Bonchev–Trinajstić information content (AvgIpc) is 2.80. The third-order valence-corrected chi connectivity index (χ3v) is 3.70. The van der Waals surface area contributed by atoms with Crippen molar-refractivity contribution in [1.82, 2.24) is 4.98 Å². The Hall–Kier alpha value is -2.62. The van der Waals surface area contributed by atoms with Crippen LogP contribution in [0.5, 0.6) is 0 Å². The van der Waals surface area contributed by atoms with E-state index in [-0.39, 0.29) is 5.63 Å². The minimum Gasteiger partial charge on any atom is -0.456 e. The van der Waals surface area contributed by atoms with E-state index in [1.165, 1.54) is 6.07 Å². The Morgan fingerprint density at radius 2 is 1.80 bits per heavy atom. The van der Waals surface area contributed by atoms with Crippen molar-refractivity contribution < 1.29 is 8.83 Å². The zero-order chi connectivity index (χ0) is 13.9. The number of hydrogen-bond acceptors (Lipinski definition) is 4. The van der Waals surface area contributed by atoms with Gasteiger partial charge in [-0.25, -0.2) is 4.79 Å². The Morgan fingerprint density at radius 3 is 2.65 bits per heavy atom. The first kappa shape index (κ1) is 11.2. The number of furan rings is 1. The molecule has 0 atom stereocenters. The summed E-state index contributed by atoms with van der Waals surface area (Å²) in [6.07, 6.45) is 3.49. The molecule has 4 heteroatoms. The van der Waals surface area contributed by atoms with E-state index < -0.39 is 0 Å². The molecule has 0 radical (unpaired) electrons. The van der Waals surface area contributed by atoms with Gasteiger partial charge < -0.3 is 8.83 Å². The standard InChI is InChI=1S/C16H11NO3/c1-8-5-14(18)20-15-9(2)16-11(6-10(8)15)12-7-17-4-3-13(12)19-16/h3-7H,1-2H3. The fourth-order valence-corrected chi connectivity index (χ4v) is 2.71. The number of rotatable bonds is 0. The van der Waals surface area contributed by atoms with Gasteiger partial charge in [-0.15, -0.1) is 0 Å². The van der Waals surface area contributed by atoms with E-state index in [2.05, 4.69) is 4.98 Å². The first-order valence-electron chi connectivity index (χ1n) is 6.35. The highest BCUT2D eigenvalue weighted by atomic mass is 16.4. The minimum absolute atomic E-state index is 0.338. The summed E-state index contributed by atoms with van der Waals surface area (Å²) in [5.41, 5.74) is 3.53. The van der Waals surface area contributed by atoms with Gasteiger partial charge >= 0.3 is 5.63 Å². The molecule has 0 N–H and O–H groups in total. The van der Waals surface area contributed by atoms with Gasteiger partial charge in [0.15, 0.2) is 0 Å².